The first kappa shape index (κ1) is 19.8. The van der Waals surface area contributed by atoms with Crippen molar-refractivity contribution in [3.8, 4) is 5.75 Å². The molecule has 0 fully saturated rings. The smallest absolute Gasteiger partial charge is 0.319 e. The molecule has 1 rings (SSSR count). The zero-order valence-electron chi connectivity index (χ0n) is 15.1. The van der Waals surface area contributed by atoms with Crippen molar-refractivity contribution in [2.45, 2.75) is 46.5 Å². The van der Waals surface area contributed by atoms with Crippen LogP contribution >= 0.6 is 0 Å². The fraction of sp³-hybridized carbons (Fsp3) is 0.556. The summed E-state index contributed by atoms with van der Waals surface area (Å²) in [6, 6.07) is 4.83. The highest BCUT2D eigenvalue weighted by Crippen LogP contribution is 2.27. The van der Waals surface area contributed by atoms with Gasteiger partial charge in [-0.1, -0.05) is 33.1 Å². The normalized spacial score (nSPS) is 11.5. The van der Waals surface area contributed by atoms with Crippen LogP contribution in [-0.2, 0) is 4.79 Å². The van der Waals surface area contributed by atoms with Gasteiger partial charge in [-0.2, -0.15) is 0 Å². The number of hydrogen-bond donors (Lipinski definition) is 3. The van der Waals surface area contributed by atoms with Crippen molar-refractivity contribution in [3.63, 3.8) is 0 Å². The van der Waals surface area contributed by atoms with E-state index < -0.39 is 0 Å². The Kier molecular flexibility index (Phi) is 8.68. The van der Waals surface area contributed by atoms with E-state index in [-0.39, 0.29) is 11.9 Å². The number of ether oxygens (including phenoxy) is 1. The number of nitrogens with one attached hydrogen (secondary N) is 3. The first-order chi connectivity index (χ1) is 11.5. The maximum Gasteiger partial charge on any atom is 0.319 e. The van der Waals surface area contributed by atoms with Crippen molar-refractivity contribution in [2.75, 3.05) is 24.3 Å². The number of hydrogen-bond acceptors (Lipinski definition) is 3. The van der Waals surface area contributed by atoms with Crippen molar-refractivity contribution >= 4 is 23.3 Å². The van der Waals surface area contributed by atoms with Crippen LogP contribution in [0.15, 0.2) is 18.2 Å². The van der Waals surface area contributed by atoms with Gasteiger partial charge in [-0.3, -0.25) is 4.79 Å². The number of unbranched alkanes of at least 4 members (excludes halogenated alkanes) is 1. The molecule has 1 unspecified atom stereocenters. The summed E-state index contributed by atoms with van der Waals surface area (Å²) in [7, 11) is 1.54. The zero-order chi connectivity index (χ0) is 17.9. The van der Waals surface area contributed by atoms with Crippen molar-refractivity contribution < 1.29 is 14.3 Å². The molecule has 1 aromatic carbocycles. The van der Waals surface area contributed by atoms with Gasteiger partial charge in [0.2, 0.25) is 5.91 Å². The van der Waals surface area contributed by atoms with Crippen LogP contribution in [0.4, 0.5) is 16.2 Å². The van der Waals surface area contributed by atoms with E-state index >= 15 is 0 Å². The highest BCUT2D eigenvalue weighted by Gasteiger charge is 2.11. The molecule has 0 saturated heterocycles. The summed E-state index contributed by atoms with van der Waals surface area (Å²) < 4.78 is 5.25. The topological polar surface area (TPSA) is 79.5 Å². The Morgan fingerprint density at radius 3 is 2.54 bits per heavy atom. The number of urea groups is 1. The maximum atomic E-state index is 12.1. The predicted molar refractivity (Wildman–Crippen MR) is 97.6 cm³/mol. The number of carbonyl (C=O) groups is 2. The highest BCUT2D eigenvalue weighted by atomic mass is 16.5. The summed E-state index contributed by atoms with van der Waals surface area (Å²) in [5, 5.41) is 8.38. The Labute approximate surface area is 144 Å². The molecule has 3 amide bonds. The van der Waals surface area contributed by atoms with Crippen LogP contribution in [0.25, 0.3) is 0 Å². The number of amides is 3. The molecule has 6 heteroatoms. The van der Waals surface area contributed by atoms with Crippen molar-refractivity contribution in [1.29, 1.82) is 0 Å². The molecule has 0 saturated carbocycles. The minimum absolute atomic E-state index is 0.169. The minimum Gasteiger partial charge on any atom is -0.495 e. The molecule has 0 spiro atoms. The van der Waals surface area contributed by atoms with Gasteiger partial charge >= 0.3 is 6.03 Å². The van der Waals surface area contributed by atoms with E-state index in [4.69, 9.17) is 4.74 Å². The molecule has 0 radical (unpaired) electrons. The number of carbonyl (C=O) groups excluding carboxylic acids is 2. The highest BCUT2D eigenvalue weighted by molar-refractivity contribution is 5.94. The fourth-order valence-corrected chi connectivity index (χ4v) is 2.43. The van der Waals surface area contributed by atoms with Crippen LogP contribution in [0.3, 0.4) is 0 Å². The molecule has 0 bridgehead atoms. The zero-order valence-corrected chi connectivity index (χ0v) is 15.1. The minimum atomic E-state index is -0.275. The Balaban J connectivity index is 2.65. The monoisotopic (exact) mass is 335 g/mol. The first-order valence-electron chi connectivity index (χ1n) is 8.50. The summed E-state index contributed by atoms with van der Waals surface area (Å²) in [6.45, 7) is 6.39. The van der Waals surface area contributed by atoms with E-state index in [1.807, 2.05) is 0 Å². The van der Waals surface area contributed by atoms with Gasteiger partial charge in [0.15, 0.2) is 0 Å². The van der Waals surface area contributed by atoms with Crippen LogP contribution in [0.2, 0.25) is 0 Å². The van der Waals surface area contributed by atoms with E-state index in [1.165, 1.54) is 20.5 Å². The summed E-state index contributed by atoms with van der Waals surface area (Å²) in [5.74, 6) is 0.859. The largest absolute Gasteiger partial charge is 0.495 e. The van der Waals surface area contributed by atoms with Crippen LogP contribution in [0, 0.1) is 5.92 Å². The van der Waals surface area contributed by atoms with Gasteiger partial charge in [0.05, 0.1) is 12.8 Å². The molecule has 0 aromatic heterocycles. The number of rotatable bonds is 9. The lowest BCUT2D eigenvalue weighted by Crippen LogP contribution is -2.33. The SMILES string of the molecule is CCCCC(CC)CNC(=O)Nc1cc(NC(C)=O)ccc1OC. The summed E-state index contributed by atoms with van der Waals surface area (Å²) in [6.07, 6.45) is 4.50. The number of benzene rings is 1. The van der Waals surface area contributed by atoms with E-state index in [1.54, 1.807) is 18.2 Å². The van der Waals surface area contributed by atoms with E-state index in [9.17, 15) is 9.59 Å². The first-order valence-corrected chi connectivity index (χ1v) is 8.50. The molecule has 1 atom stereocenters. The summed E-state index contributed by atoms with van der Waals surface area (Å²) in [5.41, 5.74) is 1.12. The Hall–Kier alpha value is -2.24. The molecular formula is C18H29N3O3. The Morgan fingerprint density at radius 1 is 1.21 bits per heavy atom. The van der Waals surface area contributed by atoms with Gasteiger partial charge in [-0.15, -0.1) is 0 Å². The van der Waals surface area contributed by atoms with Gasteiger partial charge in [0.1, 0.15) is 5.75 Å². The lowest BCUT2D eigenvalue weighted by Gasteiger charge is -2.17. The van der Waals surface area contributed by atoms with Crippen LogP contribution in [-0.4, -0.2) is 25.6 Å². The van der Waals surface area contributed by atoms with Crippen molar-refractivity contribution in [1.82, 2.24) is 5.32 Å². The third kappa shape index (κ3) is 6.89. The second-order valence-corrected chi connectivity index (χ2v) is 5.85. The molecule has 3 N–H and O–H groups in total. The Morgan fingerprint density at radius 2 is 1.96 bits per heavy atom. The van der Waals surface area contributed by atoms with E-state index in [0.717, 1.165) is 19.3 Å². The van der Waals surface area contributed by atoms with Gasteiger partial charge in [-0.25, -0.2) is 4.79 Å². The lowest BCUT2D eigenvalue weighted by atomic mass is 9.99. The average molecular weight is 335 g/mol. The van der Waals surface area contributed by atoms with Gasteiger partial charge in [0.25, 0.3) is 0 Å². The van der Waals surface area contributed by atoms with Crippen LogP contribution in [0.5, 0.6) is 5.75 Å². The lowest BCUT2D eigenvalue weighted by molar-refractivity contribution is -0.114. The average Bonchev–Trinajstić information content (AvgIpc) is 2.55. The molecular weight excluding hydrogens is 306 g/mol. The van der Waals surface area contributed by atoms with Crippen molar-refractivity contribution in [3.05, 3.63) is 18.2 Å². The molecule has 134 valence electrons. The third-order valence-electron chi connectivity index (χ3n) is 3.86. The molecule has 0 aliphatic heterocycles. The fourth-order valence-electron chi connectivity index (χ4n) is 2.43. The van der Waals surface area contributed by atoms with E-state index in [2.05, 4.69) is 29.8 Å². The predicted octanol–water partition coefficient (Wildman–Crippen LogP) is 3.99. The molecule has 24 heavy (non-hydrogen) atoms. The van der Waals surface area contributed by atoms with Gasteiger partial charge in [-0.05, 0) is 30.5 Å². The van der Waals surface area contributed by atoms with Crippen LogP contribution < -0.4 is 20.7 Å². The molecule has 1 aromatic rings. The second kappa shape index (κ2) is 10.5. The number of anilines is 2. The van der Waals surface area contributed by atoms with Gasteiger partial charge < -0.3 is 20.7 Å². The molecule has 6 nitrogen and oxygen atoms in total. The molecule has 0 aliphatic carbocycles. The third-order valence-corrected chi connectivity index (χ3v) is 3.86. The Bertz CT molecular complexity index is 546. The standard InChI is InChI=1S/C18H29N3O3/c1-5-7-8-14(6-2)12-19-18(23)21-16-11-15(20-13(3)22)9-10-17(16)24-4/h9-11,14H,5-8,12H2,1-4H3,(H,20,22)(H2,19,21,23). The molecule has 0 heterocycles. The van der Waals surface area contributed by atoms with Crippen LogP contribution in [0.1, 0.15) is 46.5 Å². The quantitative estimate of drug-likeness (QED) is 0.638. The van der Waals surface area contributed by atoms with E-state index in [0.29, 0.717) is 29.6 Å². The number of methoxy groups -OCH3 is 1. The van der Waals surface area contributed by atoms with Crippen molar-refractivity contribution in [2.24, 2.45) is 5.92 Å². The maximum absolute atomic E-state index is 12.1. The summed E-state index contributed by atoms with van der Waals surface area (Å²) in [4.78, 5) is 23.3. The second-order valence-electron chi connectivity index (χ2n) is 5.85. The molecule has 0 aliphatic rings. The van der Waals surface area contributed by atoms with Gasteiger partial charge in [0, 0.05) is 19.2 Å². The summed E-state index contributed by atoms with van der Waals surface area (Å²) >= 11 is 0.